The van der Waals surface area contributed by atoms with E-state index in [2.05, 4.69) is 18.0 Å². The van der Waals surface area contributed by atoms with Crippen molar-refractivity contribution in [3.05, 3.63) is 89.7 Å². The molecule has 0 aliphatic rings. The first kappa shape index (κ1) is 22.8. The van der Waals surface area contributed by atoms with Crippen LogP contribution in [0.3, 0.4) is 0 Å². The lowest BCUT2D eigenvalue weighted by Crippen LogP contribution is -2.37. The molecule has 2 aromatic carbocycles. The van der Waals surface area contributed by atoms with Crippen LogP contribution < -0.4 is 9.47 Å². The average molecular weight is 434 g/mol. The molecule has 7 heteroatoms. The quantitative estimate of drug-likeness (QED) is 0.510. The van der Waals surface area contributed by atoms with Crippen molar-refractivity contribution >= 4 is 12.1 Å². The molecule has 0 bridgehead atoms. The highest BCUT2D eigenvalue weighted by molar-refractivity contribution is 5.78. The van der Waals surface area contributed by atoms with E-state index in [1.807, 2.05) is 24.4 Å². The smallest absolute Gasteiger partial charge is 0.416 e. The van der Waals surface area contributed by atoms with Gasteiger partial charge in [-0.2, -0.15) is 0 Å². The van der Waals surface area contributed by atoms with Gasteiger partial charge in [0.2, 0.25) is 0 Å². The van der Waals surface area contributed by atoms with Crippen molar-refractivity contribution in [2.75, 3.05) is 13.2 Å². The topological polar surface area (TPSA) is 89.0 Å². The number of ether oxygens (including phenoxy) is 2. The number of carbonyl (C=O) groups excluding carboxylic acids is 1. The first-order valence-corrected chi connectivity index (χ1v) is 10.4. The van der Waals surface area contributed by atoms with Gasteiger partial charge in [-0.3, -0.25) is 14.7 Å². The van der Waals surface area contributed by atoms with Crippen LogP contribution in [-0.4, -0.2) is 40.2 Å². The zero-order valence-corrected chi connectivity index (χ0v) is 17.9. The molecule has 0 fully saturated rings. The largest absolute Gasteiger partial charge is 0.493 e. The number of pyridine rings is 1. The molecule has 166 valence electrons. The second-order valence-electron chi connectivity index (χ2n) is 7.19. The maximum Gasteiger partial charge on any atom is 0.416 e. The number of benzene rings is 2. The van der Waals surface area contributed by atoms with E-state index < -0.39 is 18.6 Å². The average Bonchev–Trinajstić information content (AvgIpc) is 2.80. The van der Waals surface area contributed by atoms with Gasteiger partial charge in [-0.05, 0) is 47.9 Å². The van der Waals surface area contributed by atoms with Crippen molar-refractivity contribution in [2.24, 2.45) is 0 Å². The van der Waals surface area contributed by atoms with Crippen LogP contribution in [0.25, 0.3) is 0 Å². The van der Waals surface area contributed by atoms with Gasteiger partial charge in [0.25, 0.3) is 0 Å². The van der Waals surface area contributed by atoms with Gasteiger partial charge < -0.3 is 14.6 Å². The van der Waals surface area contributed by atoms with Crippen molar-refractivity contribution in [3.8, 4) is 11.5 Å². The third-order valence-corrected chi connectivity index (χ3v) is 4.73. The van der Waals surface area contributed by atoms with Crippen LogP contribution >= 0.6 is 0 Å². The Balaban J connectivity index is 1.59. The van der Waals surface area contributed by atoms with Gasteiger partial charge in [-0.1, -0.05) is 43.3 Å². The molecule has 3 aromatic rings. The zero-order valence-electron chi connectivity index (χ0n) is 17.9. The van der Waals surface area contributed by atoms with E-state index in [1.54, 1.807) is 42.5 Å². The number of hydrogen-bond acceptors (Lipinski definition) is 5. The predicted molar refractivity (Wildman–Crippen MR) is 120 cm³/mol. The van der Waals surface area contributed by atoms with E-state index in [9.17, 15) is 14.7 Å². The fraction of sp³-hybridized carbons (Fsp3) is 0.240. The number of carboxylic acid groups (broad SMARTS) is 1. The third-order valence-electron chi connectivity index (χ3n) is 4.73. The highest BCUT2D eigenvalue weighted by Crippen LogP contribution is 2.17. The second-order valence-corrected chi connectivity index (χ2v) is 7.19. The van der Waals surface area contributed by atoms with Gasteiger partial charge >= 0.3 is 12.1 Å². The van der Waals surface area contributed by atoms with E-state index in [1.165, 1.54) is 5.56 Å². The lowest BCUT2D eigenvalue weighted by molar-refractivity contribution is -0.138. The van der Waals surface area contributed by atoms with Crippen LogP contribution in [0.5, 0.6) is 11.5 Å². The van der Waals surface area contributed by atoms with Crippen molar-refractivity contribution in [2.45, 2.75) is 26.3 Å². The van der Waals surface area contributed by atoms with Crippen LogP contribution in [0, 0.1) is 0 Å². The summed E-state index contributed by atoms with van der Waals surface area (Å²) in [6.45, 7) is 2.15. The molecule has 0 radical (unpaired) electrons. The summed E-state index contributed by atoms with van der Waals surface area (Å²) in [4.78, 5) is 29.3. The van der Waals surface area contributed by atoms with Crippen molar-refractivity contribution in [1.29, 1.82) is 0 Å². The van der Waals surface area contributed by atoms with E-state index in [0.717, 1.165) is 22.6 Å². The van der Waals surface area contributed by atoms with Gasteiger partial charge in [-0.15, -0.1) is 0 Å². The number of hydrogen-bond donors (Lipinski definition) is 1. The normalized spacial score (nSPS) is 10.4. The van der Waals surface area contributed by atoms with Crippen LogP contribution in [0.15, 0.2) is 72.9 Å². The van der Waals surface area contributed by atoms with Crippen molar-refractivity contribution in [1.82, 2.24) is 9.88 Å². The summed E-state index contributed by atoms with van der Waals surface area (Å²) >= 11 is 0. The molecule has 1 amide bonds. The Bertz CT molecular complexity index is 1020. The molecule has 0 atom stereocenters. The first-order valence-electron chi connectivity index (χ1n) is 10.4. The number of rotatable bonds is 10. The number of carbonyl (C=O) groups is 2. The lowest BCUT2D eigenvalue weighted by Gasteiger charge is -2.20. The molecule has 1 N–H and O–H groups in total. The van der Waals surface area contributed by atoms with Gasteiger partial charge in [0.1, 0.15) is 18.0 Å². The summed E-state index contributed by atoms with van der Waals surface area (Å²) in [6.07, 6.45) is 2.77. The number of amides is 1. The third kappa shape index (κ3) is 7.12. The maximum absolute atomic E-state index is 12.5. The molecule has 0 saturated carbocycles. The Hall–Kier alpha value is -3.87. The minimum atomic E-state index is -1.12. The Morgan fingerprint density at radius 3 is 2.44 bits per heavy atom. The molecule has 3 rings (SSSR count). The Morgan fingerprint density at radius 2 is 1.75 bits per heavy atom. The van der Waals surface area contributed by atoms with Gasteiger partial charge in [-0.25, -0.2) is 4.79 Å². The van der Waals surface area contributed by atoms with Crippen molar-refractivity contribution < 1.29 is 24.2 Å². The van der Waals surface area contributed by atoms with Crippen LogP contribution in [-0.2, 0) is 24.2 Å². The predicted octanol–water partition coefficient (Wildman–Crippen LogP) is 4.35. The highest BCUT2D eigenvalue weighted by Gasteiger charge is 2.19. The molecule has 0 spiro atoms. The standard InChI is InChI=1S/C25H26N2O5/c1-2-19-11-12-21(26-16-19)13-14-31-23-10-6-7-20(15-23)17-27(18-24(28)29)25(30)32-22-8-4-3-5-9-22/h3-12,15-16H,2,13-14,17-18H2,1H3,(H,28,29). The summed E-state index contributed by atoms with van der Waals surface area (Å²) in [5.41, 5.74) is 2.88. The SMILES string of the molecule is CCc1ccc(CCOc2cccc(CN(CC(=O)O)C(=O)Oc3ccccc3)c2)nc1. The fourth-order valence-electron chi connectivity index (χ4n) is 3.04. The minimum absolute atomic E-state index is 0.0786. The minimum Gasteiger partial charge on any atom is -0.493 e. The molecule has 0 aliphatic heterocycles. The fourth-order valence-corrected chi connectivity index (χ4v) is 3.04. The Kier molecular flexibility index (Phi) is 8.20. The molecule has 1 aromatic heterocycles. The Labute approximate surface area is 187 Å². The number of para-hydroxylation sites is 1. The molecule has 1 heterocycles. The van der Waals surface area contributed by atoms with Crippen LogP contribution in [0.2, 0.25) is 0 Å². The highest BCUT2D eigenvalue weighted by atomic mass is 16.6. The van der Waals surface area contributed by atoms with Gasteiger partial charge in [0, 0.05) is 24.9 Å². The number of nitrogens with zero attached hydrogens (tertiary/aromatic N) is 2. The van der Waals surface area contributed by atoms with Crippen molar-refractivity contribution in [3.63, 3.8) is 0 Å². The maximum atomic E-state index is 12.5. The number of aryl methyl sites for hydroxylation is 1. The molecule has 0 aliphatic carbocycles. The van der Waals surface area contributed by atoms with E-state index in [0.29, 0.717) is 24.5 Å². The molecule has 32 heavy (non-hydrogen) atoms. The summed E-state index contributed by atoms with van der Waals surface area (Å²) in [5.74, 6) is -0.131. The summed E-state index contributed by atoms with van der Waals surface area (Å²) in [5, 5.41) is 9.21. The number of aromatic nitrogens is 1. The Morgan fingerprint density at radius 1 is 0.969 bits per heavy atom. The van der Waals surface area contributed by atoms with E-state index in [4.69, 9.17) is 9.47 Å². The van der Waals surface area contributed by atoms with E-state index >= 15 is 0 Å². The number of carboxylic acids is 1. The van der Waals surface area contributed by atoms with Crippen LogP contribution in [0.1, 0.15) is 23.7 Å². The van der Waals surface area contributed by atoms with Crippen LogP contribution in [0.4, 0.5) is 4.79 Å². The molecule has 0 unspecified atom stereocenters. The molecular weight excluding hydrogens is 408 g/mol. The molecule has 0 saturated heterocycles. The zero-order chi connectivity index (χ0) is 22.8. The summed E-state index contributed by atoms with van der Waals surface area (Å²) < 4.78 is 11.1. The van der Waals surface area contributed by atoms with E-state index in [-0.39, 0.29) is 6.54 Å². The lowest BCUT2D eigenvalue weighted by atomic mass is 10.2. The van der Waals surface area contributed by atoms with Gasteiger partial charge in [0.05, 0.1) is 6.61 Å². The first-order chi connectivity index (χ1) is 15.5. The molecular formula is C25H26N2O5. The monoisotopic (exact) mass is 434 g/mol. The summed E-state index contributed by atoms with van der Waals surface area (Å²) in [6, 6.07) is 19.8. The summed E-state index contributed by atoms with van der Waals surface area (Å²) in [7, 11) is 0. The van der Waals surface area contributed by atoms with Gasteiger partial charge in [0.15, 0.2) is 0 Å². The second kappa shape index (κ2) is 11.5. The molecule has 7 nitrogen and oxygen atoms in total. The number of aliphatic carboxylic acids is 1.